The summed E-state index contributed by atoms with van der Waals surface area (Å²) in [5.41, 5.74) is 0.677. The van der Waals surface area contributed by atoms with Gasteiger partial charge in [-0.15, -0.1) is 0 Å². The van der Waals surface area contributed by atoms with E-state index in [1.165, 1.54) is 10.9 Å². The molecule has 0 saturated heterocycles. The molecule has 0 radical (unpaired) electrons. The maximum absolute atomic E-state index is 13.8. The van der Waals surface area contributed by atoms with Crippen LogP contribution in [0, 0.1) is 11.6 Å². The van der Waals surface area contributed by atoms with E-state index < -0.39 is 31.6 Å². The highest BCUT2D eigenvalue weighted by atomic mass is 35.5. The smallest absolute Gasteiger partial charge is 0.266 e. The second kappa shape index (κ2) is 5.85. The fourth-order valence-electron chi connectivity index (χ4n) is 1.96. The monoisotopic (exact) mass is 349 g/mol. The first-order chi connectivity index (χ1) is 10.1. The minimum absolute atomic E-state index is 0.0632. The van der Waals surface area contributed by atoms with Gasteiger partial charge in [0, 0.05) is 13.2 Å². The van der Waals surface area contributed by atoms with Crippen molar-refractivity contribution in [1.29, 1.82) is 0 Å². The van der Waals surface area contributed by atoms with E-state index in [1.807, 2.05) is 13.8 Å². The number of aromatic nitrogens is 2. The Balaban J connectivity index is 2.52. The summed E-state index contributed by atoms with van der Waals surface area (Å²) in [5.74, 6) is -2.87. The molecule has 0 aliphatic rings. The van der Waals surface area contributed by atoms with E-state index in [0.717, 1.165) is 12.1 Å². The fourth-order valence-corrected chi connectivity index (χ4v) is 3.62. The van der Waals surface area contributed by atoms with E-state index in [1.54, 1.807) is 7.05 Å². The third-order valence-electron chi connectivity index (χ3n) is 2.92. The molecule has 0 unspecified atom stereocenters. The van der Waals surface area contributed by atoms with Crippen molar-refractivity contribution in [2.75, 3.05) is 4.72 Å². The summed E-state index contributed by atoms with van der Waals surface area (Å²) in [6.07, 6.45) is 1.44. The first-order valence-electron chi connectivity index (χ1n) is 6.33. The average Bonchev–Trinajstić information content (AvgIpc) is 2.74. The van der Waals surface area contributed by atoms with Gasteiger partial charge in [0.15, 0.2) is 11.6 Å². The van der Waals surface area contributed by atoms with Gasteiger partial charge in [0.2, 0.25) is 0 Å². The number of halogens is 3. The molecule has 2 rings (SSSR count). The number of nitrogens with one attached hydrogen (secondary N) is 1. The van der Waals surface area contributed by atoms with Gasteiger partial charge < -0.3 is 0 Å². The quantitative estimate of drug-likeness (QED) is 0.861. The number of hydrogen-bond donors (Lipinski definition) is 1. The van der Waals surface area contributed by atoms with Crippen LogP contribution in [-0.2, 0) is 17.1 Å². The minimum atomic E-state index is -4.39. The van der Waals surface area contributed by atoms with Crippen LogP contribution in [0.25, 0.3) is 0 Å². The zero-order valence-electron chi connectivity index (χ0n) is 12.1. The molecule has 1 aromatic carbocycles. The van der Waals surface area contributed by atoms with Gasteiger partial charge >= 0.3 is 0 Å². The van der Waals surface area contributed by atoms with Crippen molar-refractivity contribution in [1.82, 2.24) is 9.78 Å². The standard InChI is InChI=1S/C13H14ClF2N3O2S/c1-7(2)12-10(6-19(3)17-12)18-22(20,21)13-8(14)4-5-9(15)11(13)16/h4-7,18H,1-3H3. The lowest BCUT2D eigenvalue weighted by Gasteiger charge is -2.11. The number of nitrogens with zero attached hydrogens (tertiary/aromatic N) is 2. The molecule has 0 aliphatic heterocycles. The molecule has 0 fully saturated rings. The van der Waals surface area contributed by atoms with Crippen molar-refractivity contribution in [3.05, 3.63) is 40.7 Å². The van der Waals surface area contributed by atoms with Crippen molar-refractivity contribution in [3.63, 3.8) is 0 Å². The summed E-state index contributed by atoms with van der Waals surface area (Å²) in [4.78, 5) is -0.923. The average molecular weight is 350 g/mol. The molecular weight excluding hydrogens is 336 g/mol. The summed E-state index contributed by atoms with van der Waals surface area (Å²) in [7, 11) is -2.77. The number of benzene rings is 1. The Hall–Kier alpha value is -1.67. The second-order valence-electron chi connectivity index (χ2n) is 5.03. The Morgan fingerprint density at radius 3 is 2.55 bits per heavy atom. The highest BCUT2D eigenvalue weighted by molar-refractivity contribution is 7.92. The van der Waals surface area contributed by atoms with Gasteiger partial charge in [0.1, 0.15) is 4.90 Å². The molecule has 0 saturated carbocycles. The van der Waals surface area contributed by atoms with Gasteiger partial charge in [-0.3, -0.25) is 9.40 Å². The minimum Gasteiger partial charge on any atom is -0.276 e. The number of sulfonamides is 1. The van der Waals surface area contributed by atoms with Gasteiger partial charge in [-0.2, -0.15) is 5.10 Å². The fraction of sp³-hybridized carbons (Fsp3) is 0.308. The van der Waals surface area contributed by atoms with Crippen LogP contribution in [0.5, 0.6) is 0 Å². The predicted molar refractivity (Wildman–Crippen MR) is 79.5 cm³/mol. The Morgan fingerprint density at radius 1 is 1.32 bits per heavy atom. The topological polar surface area (TPSA) is 64.0 Å². The first kappa shape index (κ1) is 16.7. The Labute approximate surface area is 132 Å². The summed E-state index contributed by atoms with van der Waals surface area (Å²) in [6.45, 7) is 3.66. The third kappa shape index (κ3) is 3.07. The number of anilines is 1. The lowest BCUT2D eigenvalue weighted by atomic mass is 10.1. The van der Waals surface area contributed by atoms with Crippen LogP contribution in [0.15, 0.2) is 23.2 Å². The van der Waals surface area contributed by atoms with Gasteiger partial charge in [-0.1, -0.05) is 25.4 Å². The lowest BCUT2D eigenvalue weighted by Crippen LogP contribution is -2.16. The predicted octanol–water partition coefficient (Wildman–Crippen LogP) is 3.28. The summed E-state index contributed by atoms with van der Waals surface area (Å²) in [5, 5.41) is 3.74. The van der Waals surface area contributed by atoms with Crippen LogP contribution < -0.4 is 4.72 Å². The van der Waals surface area contributed by atoms with E-state index in [4.69, 9.17) is 11.6 Å². The van der Waals surface area contributed by atoms with Crippen LogP contribution >= 0.6 is 11.6 Å². The van der Waals surface area contributed by atoms with Crippen LogP contribution in [0.4, 0.5) is 14.5 Å². The molecule has 22 heavy (non-hydrogen) atoms. The molecule has 1 aromatic heterocycles. The molecule has 0 bridgehead atoms. The van der Waals surface area contributed by atoms with Gasteiger partial charge in [0.25, 0.3) is 10.0 Å². The van der Waals surface area contributed by atoms with Gasteiger partial charge in [-0.25, -0.2) is 17.2 Å². The third-order valence-corrected chi connectivity index (χ3v) is 4.77. The molecule has 1 heterocycles. The van der Waals surface area contributed by atoms with E-state index in [0.29, 0.717) is 5.69 Å². The molecule has 120 valence electrons. The normalized spacial score (nSPS) is 12.0. The summed E-state index contributed by atoms with van der Waals surface area (Å²) in [6, 6.07) is 1.75. The van der Waals surface area contributed by atoms with E-state index in [2.05, 4.69) is 9.82 Å². The van der Waals surface area contributed by atoms with Crippen molar-refractivity contribution in [2.45, 2.75) is 24.7 Å². The molecule has 0 amide bonds. The van der Waals surface area contributed by atoms with Crippen LogP contribution in [0.1, 0.15) is 25.5 Å². The summed E-state index contributed by atoms with van der Waals surface area (Å²) >= 11 is 5.71. The number of hydrogen-bond acceptors (Lipinski definition) is 3. The van der Waals surface area contributed by atoms with Gasteiger partial charge in [0.05, 0.1) is 16.4 Å². The van der Waals surface area contributed by atoms with E-state index in [-0.39, 0.29) is 11.6 Å². The maximum Gasteiger partial charge on any atom is 0.266 e. The van der Waals surface area contributed by atoms with Crippen molar-refractivity contribution in [2.24, 2.45) is 7.05 Å². The van der Waals surface area contributed by atoms with Crippen molar-refractivity contribution in [3.8, 4) is 0 Å². The Bertz CT molecular complexity index is 819. The number of rotatable bonds is 4. The highest BCUT2D eigenvalue weighted by Crippen LogP contribution is 2.30. The number of aryl methyl sites for hydroxylation is 1. The first-order valence-corrected chi connectivity index (χ1v) is 8.19. The molecule has 0 aliphatic carbocycles. The SMILES string of the molecule is CC(C)c1nn(C)cc1NS(=O)(=O)c1c(Cl)ccc(F)c1F. The molecule has 1 N–H and O–H groups in total. The van der Waals surface area contributed by atoms with Crippen molar-refractivity contribution >= 4 is 27.3 Å². The molecule has 0 spiro atoms. The molecule has 9 heteroatoms. The second-order valence-corrected chi connectivity index (χ2v) is 7.06. The highest BCUT2D eigenvalue weighted by Gasteiger charge is 2.27. The zero-order chi connectivity index (χ0) is 16.7. The van der Waals surface area contributed by atoms with Crippen LogP contribution in [0.3, 0.4) is 0 Å². The molecule has 2 aromatic rings. The largest absolute Gasteiger partial charge is 0.276 e. The maximum atomic E-state index is 13.8. The molecule has 0 atom stereocenters. The summed E-state index contributed by atoms with van der Waals surface area (Å²) < 4.78 is 55.4. The van der Waals surface area contributed by atoms with Crippen LogP contribution in [-0.4, -0.2) is 18.2 Å². The van der Waals surface area contributed by atoms with E-state index in [9.17, 15) is 17.2 Å². The van der Waals surface area contributed by atoms with Crippen molar-refractivity contribution < 1.29 is 17.2 Å². The van der Waals surface area contributed by atoms with Gasteiger partial charge in [-0.05, 0) is 18.1 Å². The molecular formula is C13H14ClF2N3O2S. The Kier molecular flexibility index (Phi) is 4.44. The Morgan fingerprint density at radius 2 is 1.95 bits per heavy atom. The van der Waals surface area contributed by atoms with E-state index >= 15 is 0 Å². The van der Waals surface area contributed by atoms with Crippen LogP contribution in [0.2, 0.25) is 5.02 Å². The lowest BCUT2D eigenvalue weighted by molar-refractivity contribution is 0.485. The zero-order valence-corrected chi connectivity index (χ0v) is 13.6. The molecule has 5 nitrogen and oxygen atoms in total.